The summed E-state index contributed by atoms with van der Waals surface area (Å²) in [4.78, 5) is 35.7. The van der Waals surface area contributed by atoms with Crippen LogP contribution in [0.3, 0.4) is 0 Å². The number of hydrogen-bond donors (Lipinski definition) is 3. The van der Waals surface area contributed by atoms with Crippen LogP contribution in [0.25, 0.3) is 0 Å². The average molecular weight is 271 g/mol. The number of carboxylic acids is 1. The zero-order valence-corrected chi connectivity index (χ0v) is 11.3. The maximum absolute atomic E-state index is 12.3. The quantitative estimate of drug-likeness (QED) is 0.668. The molecule has 1 saturated heterocycles. The third-order valence-electron chi connectivity index (χ3n) is 3.31. The van der Waals surface area contributed by atoms with Gasteiger partial charge in [0.2, 0.25) is 5.91 Å². The minimum absolute atomic E-state index is 0.106. The molecule has 0 aromatic heterocycles. The zero-order chi connectivity index (χ0) is 14.6. The number of likely N-dealkylation sites (tertiary alicyclic amines) is 1. The lowest BCUT2D eigenvalue weighted by Gasteiger charge is -2.34. The largest absolute Gasteiger partial charge is 0.481 e. The molecular formula is C12H21N3O4. The Kier molecular flexibility index (Phi) is 5.14. The third-order valence-corrected chi connectivity index (χ3v) is 3.31. The van der Waals surface area contributed by atoms with E-state index >= 15 is 0 Å². The van der Waals surface area contributed by atoms with E-state index in [-0.39, 0.29) is 18.4 Å². The number of urea groups is 1. The SMILES string of the molecule is CC(C)C(NC(N)=O)C(=O)N1CCC[C@H](C(=O)O)C1. The molecule has 0 aromatic rings. The van der Waals surface area contributed by atoms with Gasteiger partial charge in [0.05, 0.1) is 5.92 Å². The normalized spacial score (nSPS) is 21.0. The molecule has 19 heavy (non-hydrogen) atoms. The van der Waals surface area contributed by atoms with Crippen LogP contribution in [-0.4, -0.2) is 47.0 Å². The second-order valence-corrected chi connectivity index (χ2v) is 5.19. The van der Waals surface area contributed by atoms with E-state index in [1.54, 1.807) is 13.8 Å². The molecular weight excluding hydrogens is 250 g/mol. The van der Waals surface area contributed by atoms with E-state index in [2.05, 4.69) is 5.32 Å². The van der Waals surface area contributed by atoms with Crippen molar-refractivity contribution >= 4 is 17.9 Å². The molecule has 1 aliphatic rings. The Morgan fingerprint density at radius 2 is 2.00 bits per heavy atom. The Hall–Kier alpha value is -1.79. The van der Waals surface area contributed by atoms with E-state index in [9.17, 15) is 14.4 Å². The topological polar surface area (TPSA) is 113 Å². The first kappa shape index (κ1) is 15.3. The van der Waals surface area contributed by atoms with Gasteiger partial charge in [-0.2, -0.15) is 0 Å². The Balaban J connectivity index is 2.73. The second-order valence-electron chi connectivity index (χ2n) is 5.19. The van der Waals surface area contributed by atoms with Gasteiger partial charge in [0.25, 0.3) is 0 Å². The summed E-state index contributed by atoms with van der Waals surface area (Å²) in [6, 6.07) is -1.45. The van der Waals surface area contributed by atoms with Crippen molar-refractivity contribution in [2.24, 2.45) is 17.6 Å². The molecule has 0 bridgehead atoms. The van der Waals surface area contributed by atoms with Crippen molar-refractivity contribution in [3.63, 3.8) is 0 Å². The molecule has 0 aromatic carbocycles. The fourth-order valence-electron chi connectivity index (χ4n) is 2.24. The number of carboxylic acid groups (broad SMARTS) is 1. The summed E-state index contributed by atoms with van der Waals surface area (Å²) in [5, 5.41) is 11.4. The highest BCUT2D eigenvalue weighted by Gasteiger charge is 2.33. The van der Waals surface area contributed by atoms with Gasteiger partial charge in [-0.1, -0.05) is 13.8 Å². The van der Waals surface area contributed by atoms with Gasteiger partial charge in [0, 0.05) is 13.1 Å². The van der Waals surface area contributed by atoms with Crippen LogP contribution in [0.4, 0.5) is 4.79 Å². The van der Waals surface area contributed by atoms with Gasteiger partial charge >= 0.3 is 12.0 Å². The molecule has 1 fully saturated rings. The maximum Gasteiger partial charge on any atom is 0.312 e. The Morgan fingerprint density at radius 3 is 2.47 bits per heavy atom. The fourth-order valence-corrected chi connectivity index (χ4v) is 2.24. The number of nitrogens with two attached hydrogens (primary N) is 1. The molecule has 7 heteroatoms. The molecule has 7 nitrogen and oxygen atoms in total. The number of nitrogens with one attached hydrogen (secondary N) is 1. The average Bonchev–Trinajstić information content (AvgIpc) is 2.34. The van der Waals surface area contributed by atoms with Crippen LogP contribution in [0.15, 0.2) is 0 Å². The predicted molar refractivity (Wildman–Crippen MR) is 68.3 cm³/mol. The number of amides is 3. The molecule has 4 N–H and O–H groups in total. The predicted octanol–water partition coefficient (Wildman–Crippen LogP) is 0.00250. The number of nitrogens with zero attached hydrogens (tertiary/aromatic N) is 1. The lowest BCUT2D eigenvalue weighted by Crippen LogP contribution is -2.55. The Morgan fingerprint density at radius 1 is 1.37 bits per heavy atom. The second kappa shape index (κ2) is 6.40. The number of piperidine rings is 1. The van der Waals surface area contributed by atoms with Crippen LogP contribution in [-0.2, 0) is 9.59 Å². The van der Waals surface area contributed by atoms with E-state index < -0.39 is 24.0 Å². The molecule has 1 rings (SSSR count). The van der Waals surface area contributed by atoms with Crippen LogP contribution >= 0.6 is 0 Å². The molecule has 0 spiro atoms. The standard InChI is InChI=1S/C12H21N3O4/c1-7(2)9(14-12(13)19)10(16)15-5-3-4-8(6-15)11(17)18/h7-9H,3-6H2,1-2H3,(H,17,18)(H3,13,14,19)/t8-,9?/m0/s1. The van der Waals surface area contributed by atoms with Crippen molar-refractivity contribution < 1.29 is 19.5 Å². The Labute approximate surface area is 112 Å². The monoisotopic (exact) mass is 271 g/mol. The van der Waals surface area contributed by atoms with Gasteiger partial charge in [-0.25, -0.2) is 4.79 Å². The number of carbonyl (C=O) groups is 3. The zero-order valence-electron chi connectivity index (χ0n) is 11.3. The molecule has 0 aliphatic carbocycles. The highest BCUT2D eigenvalue weighted by molar-refractivity contribution is 5.87. The maximum atomic E-state index is 12.3. The number of aliphatic carboxylic acids is 1. The van der Waals surface area contributed by atoms with E-state index in [1.165, 1.54) is 4.90 Å². The highest BCUT2D eigenvalue weighted by atomic mass is 16.4. The third kappa shape index (κ3) is 4.11. The minimum Gasteiger partial charge on any atom is -0.481 e. The van der Waals surface area contributed by atoms with Crippen LogP contribution in [0.1, 0.15) is 26.7 Å². The first-order valence-corrected chi connectivity index (χ1v) is 6.40. The molecule has 0 saturated carbocycles. The van der Waals surface area contributed by atoms with Crippen molar-refractivity contribution in [3.8, 4) is 0 Å². The molecule has 0 radical (unpaired) electrons. The van der Waals surface area contributed by atoms with E-state index in [1.807, 2.05) is 0 Å². The van der Waals surface area contributed by atoms with Crippen LogP contribution in [0.2, 0.25) is 0 Å². The number of primary amides is 1. The fraction of sp³-hybridized carbons (Fsp3) is 0.750. The smallest absolute Gasteiger partial charge is 0.312 e. The van der Waals surface area contributed by atoms with Crippen molar-refractivity contribution in [1.29, 1.82) is 0 Å². The van der Waals surface area contributed by atoms with Gasteiger partial charge in [-0.15, -0.1) is 0 Å². The van der Waals surface area contributed by atoms with Crippen LogP contribution < -0.4 is 11.1 Å². The van der Waals surface area contributed by atoms with Gasteiger partial charge in [0.15, 0.2) is 0 Å². The van der Waals surface area contributed by atoms with Crippen molar-refractivity contribution in [3.05, 3.63) is 0 Å². The van der Waals surface area contributed by atoms with E-state index in [4.69, 9.17) is 10.8 Å². The number of hydrogen-bond acceptors (Lipinski definition) is 3. The van der Waals surface area contributed by atoms with E-state index in [0.29, 0.717) is 19.4 Å². The summed E-state index contributed by atoms with van der Waals surface area (Å²) in [7, 11) is 0. The van der Waals surface area contributed by atoms with Gasteiger partial charge in [-0.3, -0.25) is 9.59 Å². The summed E-state index contributed by atoms with van der Waals surface area (Å²) in [6.45, 7) is 4.32. The van der Waals surface area contributed by atoms with E-state index in [0.717, 1.165) is 0 Å². The van der Waals surface area contributed by atoms with Crippen molar-refractivity contribution in [1.82, 2.24) is 10.2 Å². The summed E-state index contributed by atoms with van der Waals surface area (Å²) in [5.74, 6) is -1.79. The first-order valence-electron chi connectivity index (χ1n) is 6.40. The summed E-state index contributed by atoms with van der Waals surface area (Å²) in [5.41, 5.74) is 5.06. The van der Waals surface area contributed by atoms with Gasteiger partial charge < -0.3 is 21.1 Å². The van der Waals surface area contributed by atoms with Crippen molar-refractivity contribution in [2.45, 2.75) is 32.7 Å². The van der Waals surface area contributed by atoms with Gasteiger partial charge in [0.1, 0.15) is 6.04 Å². The molecule has 1 heterocycles. The molecule has 1 unspecified atom stereocenters. The number of carbonyl (C=O) groups excluding carboxylic acids is 2. The van der Waals surface area contributed by atoms with Crippen molar-refractivity contribution in [2.75, 3.05) is 13.1 Å². The Bertz CT molecular complexity index is 370. The lowest BCUT2D eigenvalue weighted by atomic mass is 9.96. The van der Waals surface area contributed by atoms with Gasteiger partial charge in [-0.05, 0) is 18.8 Å². The molecule has 1 aliphatic heterocycles. The summed E-state index contributed by atoms with van der Waals surface area (Å²) >= 11 is 0. The minimum atomic E-state index is -0.888. The highest BCUT2D eigenvalue weighted by Crippen LogP contribution is 2.18. The van der Waals surface area contributed by atoms with Crippen LogP contribution in [0.5, 0.6) is 0 Å². The summed E-state index contributed by atoms with van der Waals surface area (Å²) < 4.78 is 0. The number of rotatable bonds is 4. The lowest BCUT2D eigenvalue weighted by molar-refractivity contribution is -0.146. The summed E-state index contributed by atoms with van der Waals surface area (Å²) in [6.07, 6.45) is 1.23. The first-order chi connectivity index (χ1) is 8.82. The molecule has 3 amide bonds. The molecule has 2 atom stereocenters. The molecule has 108 valence electrons. The van der Waals surface area contributed by atoms with Crippen LogP contribution in [0, 0.1) is 11.8 Å².